The second-order valence-electron chi connectivity index (χ2n) is 7.32. The van der Waals surface area contributed by atoms with Crippen LogP contribution in [0.1, 0.15) is 24.6 Å². The molecule has 5 rings (SSSR count). The van der Waals surface area contributed by atoms with Crippen LogP contribution in [0, 0.1) is 5.82 Å². The van der Waals surface area contributed by atoms with E-state index < -0.39 is 0 Å². The topological polar surface area (TPSA) is 81.8 Å². The van der Waals surface area contributed by atoms with Gasteiger partial charge in [0.05, 0.1) is 11.9 Å². The van der Waals surface area contributed by atoms with Gasteiger partial charge in [0.2, 0.25) is 5.91 Å². The van der Waals surface area contributed by atoms with Crippen LogP contribution in [0.5, 0.6) is 0 Å². The predicted molar refractivity (Wildman–Crippen MR) is 110 cm³/mol. The smallest absolute Gasteiger partial charge is 0.265 e. The van der Waals surface area contributed by atoms with E-state index in [0.717, 1.165) is 18.5 Å². The molecule has 0 bridgehead atoms. The normalized spacial score (nSPS) is 13.5. The lowest BCUT2D eigenvalue weighted by Crippen LogP contribution is -2.31. The lowest BCUT2D eigenvalue weighted by Gasteiger charge is -2.13. The molecule has 1 fully saturated rings. The molecular formula is C22H18FN5O2. The number of hydrogen-bond donors (Lipinski definition) is 1. The number of carbonyl (C=O) groups is 1. The Morgan fingerprint density at radius 3 is 2.53 bits per heavy atom. The zero-order valence-electron chi connectivity index (χ0n) is 16.0. The van der Waals surface area contributed by atoms with Gasteiger partial charge in [0.1, 0.15) is 23.6 Å². The summed E-state index contributed by atoms with van der Waals surface area (Å²) in [7, 11) is 0. The fourth-order valence-electron chi connectivity index (χ4n) is 3.46. The highest BCUT2D eigenvalue weighted by molar-refractivity contribution is 5.90. The Labute approximate surface area is 170 Å². The predicted octanol–water partition coefficient (Wildman–Crippen LogP) is 3.24. The summed E-state index contributed by atoms with van der Waals surface area (Å²) in [5, 5.41) is 7.40. The highest BCUT2D eigenvalue weighted by Crippen LogP contribution is 2.39. The first-order valence-corrected chi connectivity index (χ1v) is 9.69. The van der Waals surface area contributed by atoms with Gasteiger partial charge in [0, 0.05) is 11.6 Å². The zero-order valence-corrected chi connectivity index (χ0v) is 16.0. The molecule has 4 aromatic rings. The molecule has 0 unspecified atom stereocenters. The number of fused-ring (bicyclic) bond motifs is 1. The summed E-state index contributed by atoms with van der Waals surface area (Å²) >= 11 is 0. The fraction of sp³-hybridized carbons (Fsp3) is 0.182. The molecular weight excluding hydrogens is 385 g/mol. The number of aromatic nitrogens is 4. The minimum Gasteiger partial charge on any atom is -0.325 e. The number of anilines is 1. The molecule has 0 spiro atoms. The van der Waals surface area contributed by atoms with Crippen molar-refractivity contribution in [3.8, 4) is 5.69 Å². The molecule has 0 radical (unpaired) electrons. The Balaban J connectivity index is 1.53. The second-order valence-corrected chi connectivity index (χ2v) is 7.32. The van der Waals surface area contributed by atoms with E-state index in [9.17, 15) is 14.0 Å². The van der Waals surface area contributed by atoms with E-state index in [1.165, 1.54) is 35.0 Å². The van der Waals surface area contributed by atoms with E-state index in [1.54, 1.807) is 4.68 Å². The number of carbonyl (C=O) groups excluding carboxylic acids is 1. The molecule has 1 aliphatic carbocycles. The monoisotopic (exact) mass is 403 g/mol. The summed E-state index contributed by atoms with van der Waals surface area (Å²) < 4.78 is 16.1. The van der Waals surface area contributed by atoms with Crippen LogP contribution in [0.4, 0.5) is 10.1 Å². The van der Waals surface area contributed by atoms with Crippen molar-refractivity contribution in [2.45, 2.75) is 25.3 Å². The van der Waals surface area contributed by atoms with Gasteiger partial charge < -0.3 is 5.32 Å². The second kappa shape index (κ2) is 7.22. The maximum Gasteiger partial charge on any atom is 0.265 e. The molecule has 0 atom stereocenters. The average molecular weight is 403 g/mol. The maximum atomic E-state index is 13.2. The first kappa shape index (κ1) is 18.2. The fourth-order valence-corrected chi connectivity index (χ4v) is 3.46. The Morgan fingerprint density at radius 2 is 1.83 bits per heavy atom. The van der Waals surface area contributed by atoms with Gasteiger partial charge in [0.15, 0.2) is 5.65 Å². The third-order valence-electron chi connectivity index (χ3n) is 5.09. The van der Waals surface area contributed by atoms with Crippen molar-refractivity contribution in [2.24, 2.45) is 0 Å². The molecule has 1 N–H and O–H groups in total. The van der Waals surface area contributed by atoms with Crippen LogP contribution in [0.2, 0.25) is 0 Å². The third-order valence-corrected chi connectivity index (χ3v) is 5.09. The summed E-state index contributed by atoms with van der Waals surface area (Å²) in [5.74, 6) is -0.00758. The molecule has 1 amide bonds. The number of nitrogens with zero attached hydrogens (tertiary/aromatic N) is 4. The summed E-state index contributed by atoms with van der Waals surface area (Å²) in [6.45, 7) is -0.165. The van der Waals surface area contributed by atoms with Crippen molar-refractivity contribution in [3.05, 3.63) is 82.8 Å². The van der Waals surface area contributed by atoms with Crippen molar-refractivity contribution in [3.63, 3.8) is 0 Å². The van der Waals surface area contributed by atoms with E-state index in [-0.39, 0.29) is 29.7 Å². The van der Waals surface area contributed by atoms with Crippen LogP contribution >= 0.6 is 0 Å². The van der Waals surface area contributed by atoms with Gasteiger partial charge in [-0.25, -0.2) is 14.1 Å². The first-order valence-electron chi connectivity index (χ1n) is 9.69. The van der Waals surface area contributed by atoms with Crippen molar-refractivity contribution < 1.29 is 9.18 Å². The van der Waals surface area contributed by atoms with Gasteiger partial charge in [-0.05, 0) is 49.2 Å². The largest absolute Gasteiger partial charge is 0.325 e. The number of halogens is 1. The SMILES string of the molecule is O=C(Cn1c(C2CC2)nc2c(cnn2-c2ccccc2)c1=O)Nc1ccc(F)cc1. The maximum absolute atomic E-state index is 13.2. The van der Waals surface area contributed by atoms with Crippen molar-refractivity contribution in [1.29, 1.82) is 0 Å². The van der Waals surface area contributed by atoms with Crippen molar-refractivity contribution in [1.82, 2.24) is 19.3 Å². The lowest BCUT2D eigenvalue weighted by atomic mass is 10.3. The highest BCUT2D eigenvalue weighted by atomic mass is 19.1. The molecule has 1 saturated carbocycles. The van der Waals surface area contributed by atoms with Gasteiger partial charge in [-0.2, -0.15) is 5.10 Å². The summed E-state index contributed by atoms with van der Waals surface area (Å²) in [4.78, 5) is 30.5. The molecule has 2 aromatic heterocycles. The molecule has 150 valence electrons. The average Bonchev–Trinajstić information content (AvgIpc) is 3.51. The van der Waals surface area contributed by atoms with Gasteiger partial charge in [-0.3, -0.25) is 14.2 Å². The van der Waals surface area contributed by atoms with Gasteiger partial charge >= 0.3 is 0 Å². The van der Waals surface area contributed by atoms with E-state index in [2.05, 4.69) is 10.4 Å². The quantitative estimate of drug-likeness (QED) is 0.555. The van der Waals surface area contributed by atoms with Crippen LogP contribution in [0.3, 0.4) is 0 Å². The Hall–Kier alpha value is -3.81. The number of para-hydroxylation sites is 1. The van der Waals surface area contributed by atoms with E-state index in [1.807, 2.05) is 30.3 Å². The van der Waals surface area contributed by atoms with Crippen LogP contribution < -0.4 is 10.9 Å². The van der Waals surface area contributed by atoms with E-state index >= 15 is 0 Å². The van der Waals surface area contributed by atoms with Crippen LogP contribution in [-0.4, -0.2) is 25.2 Å². The molecule has 7 nitrogen and oxygen atoms in total. The highest BCUT2D eigenvalue weighted by Gasteiger charge is 2.31. The molecule has 0 saturated heterocycles. The standard InChI is InChI=1S/C22H18FN5O2/c23-15-8-10-16(11-9-15)25-19(29)13-27-20(14-6-7-14)26-21-18(22(27)30)12-24-28(21)17-4-2-1-3-5-17/h1-5,8-12,14H,6-7,13H2,(H,25,29). The number of hydrogen-bond acceptors (Lipinski definition) is 4. The van der Waals surface area contributed by atoms with Gasteiger partial charge in [-0.15, -0.1) is 0 Å². The molecule has 1 aliphatic rings. The molecule has 2 heterocycles. The third kappa shape index (κ3) is 3.36. The number of benzene rings is 2. The first-order chi connectivity index (χ1) is 14.6. The van der Waals surface area contributed by atoms with Crippen molar-refractivity contribution >= 4 is 22.6 Å². The van der Waals surface area contributed by atoms with Gasteiger partial charge in [0.25, 0.3) is 5.56 Å². The van der Waals surface area contributed by atoms with Gasteiger partial charge in [-0.1, -0.05) is 18.2 Å². The van der Waals surface area contributed by atoms with E-state index in [0.29, 0.717) is 22.5 Å². The Kier molecular flexibility index (Phi) is 4.39. The molecule has 2 aromatic carbocycles. The summed E-state index contributed by atoms with van der Waals surface area (Å²) in [6.07, 6.45) is 3.34. The minimum atomic E-state index is -0.384. The number of rotatable bonds is 5. The van der Waals surface area contributed by atoms with Crippen LogP contribution in [-0.2, 0) is 11.3 Å². The number of amides is 1. The Morgan fingerprint density at radius 1 is 1.10 bits per heavy atom. The summed E-state index contributed by atoms with van der Waals surface area (Å²) in [6, 6.07) is 15.0. The number of nitrogens with one attached hydrogen (secondary N) is 1. The van der Waals surface area contributed by atoms with Crippen molar-refractivity contribution in [2.75, 3.05) is 5.32 Å². The zero-order chi connectivity index (χ0) is 20.7. The lowest BCUT2D eigenvalue weighted by molar-refractivity contribution is -0.116. The molecule has 30 heavy (non-hydrogen) atoms. The summed E-state index contributed by atoms with van der Waals surface area (Å²) in [5.41, 5.74) is 1.47. The van der Waals surface area contributed by atoms with Crippen LogP contribution in [0.25, 0.3) is 16.7 Å². The molecule has 8 heteroatoms. The Bertz CT molecular complexity index is 1290. The minimum absolute atomic E-state index is 0.153. The molecule has 0 aliphatic heterocycles. The van der Waals surface area contributed by atoms with Crippen LogP contribution in [0.15, 0.2) is 65.6 Å². The van der Waals surface area contributed by atoms with E-state index in [4.69, 9.17) is 4.98 Å².